The summed E-state index contributed by atoms with van der Waals surface area (Å²) in [5.74, 6) is -0.462. The number of benzene rings is 1. The molecule has 1 unspecified atom stereocenters. The molecule has 21 heavy (non-hydrogen) atoms. The van der Waals surface area contributed by atoms with Crippen LogP contribution in [0.3, 0.4) is 0 Å². The van der Waals surface area contributed by atoms with Crippen molar-refractivity contribution >= 4 is 5.84 Å². The summed E-state index contributed by atoms with van der Waals surface area (Å²) in [6.45, 7) is 5.87. The van der Waals surface area contributed by atoms with E-state index in [1.165, 1.54) is 25.0 Å². The zero-order chi connectivity index (χ0) is 15.2. The van der Waals surface area contributed by atoms with Crippen molar-refractivity contribution in [2.24, 2.45) is 10.9 Å². The lowest BCUT2D eigenvalue weighted by molar-refractivity contribution is 0.260. The van der Waals surface area contributed by atoms with Gasteiger partial charge in [-0.2, -0.15) is 0 Å². The fraction of sp³-hybridized carbons (Fsp3) is 0.533. The molecule has 0 aromatic heterocycles. The molecule has 0 bridgehead atoms. The van der Waals surface area contributed by atoms with E-state index in [1.54, 1.807) is 6.07 Å². The first-order valence-electron chi connectivity index (χ1n) is 7.36. The highest BCUT2D eigenvalue weighted by molar-refractivity contribution is 5.97. The van der Waals surface area contributed by atoms with Gasteiger partial charge in [-0.3, -0.25) is 4.90 Å². The van der Waals surface area contributed by atoms with Crippen LogP contribution in [-0.2, 0) is 6.54 Å². The molecule has 6 heteroatoms. The first-order chi connectivity index (χ1) is 10.1. The van der Waals surface area contributed by atoms with Crippen molar-refractivity contribution in [2.75, 3.05) is 19.6 Å². The number of hydrogen-bond donors (Lipinski definition) is 3. The van der Waals surface area contributed by atoms with Crippen molar-refractivity contribution in [3.05, 3.63) is 35.1 Å². The van der Waals surface area contributed by atoms with Crippen LogP contribution >= 0.6 is 0 Å². The molecule has 1 saturated heterocycles. The van der Waals surface area contributed by atoms with E-state index in [1.807, 2.05) is 0 Å². The van der Waals surface area contributed by atoms with Gasteiger partial charge < -0.3 is 16.3 Å². The Hall–Kier alpha value is -1.66. The number of nitrogens with zero attached hydrogens (tertiary/aromatic N) is 2. The van der Waals surface area contributed by atoms with E-state index < -0.39 is 0 Å². The highest BCUT2D eigenvalue weighted by atomic mass is 19.1. The van der Waals surface area contributed by atoms with Crippen LogP contribution in [0.2, 0.25) is 0 Å². The minimum absolute atomic E-state index is 0.0799. The first-order valence-corrected chi connectivity index (χ1v) is 7.36. The molecule has 1 fully saturated rings. The summed E-state index contributed by atoms with van der Waals surface area (Å²) in [7, 11) is 0. The molecule has 1 aliphatic rings. The van der Waals surface area contributed by atoms with E-state index >= 15 is 0 Å². The maximum atomic E-state index is 13.5. The van der Waals surface area contributed by atoms with Crippen molar-refractivity contribution in [3.8, 4) is 0 Å². The largest absolute Gasteiger partial charge is 0.409 e. The average Bonchev–Trinajstić information content (AvgIpc) is 2.93. The molecule has 0 spiro atoms. The number of amidine groups is 1. The molecule has 0 amide bonds. The van der Waals surface area contributed by atoms with Gasteiger partial charge in [0.05, 0.1) is 0 Å². The quantitative estimate of drug-likeness (QED) is 0.322. The summed E-state index contributed by atoms with van der Waals surface area (Å²) in [6.07, 6.45) is 2.45. The zero-order valence-corrected chi connectivity index (χ0v) is 12.3. The predicted octanol–water partition coefficient (Wildman–Crippen LogP) is 1.49. The third kappa shape index (κ3) is 4.15. The lowest BCUT2D eigenvalue weighted by atomic mass is 10.1. The Balaban J connectivity index is 1.92. The second-order valence-electron chi connectivity index (χ2n) is 5.39. The molecule has 4 N–H and O–H groups in total. The highest BCUT2D eigenvalue weighted by Gasteiger charge is 2.22. The van der Waals surface area contributed by atoms with Crippen molar-refractivity contribution in [1.82, 2.24) is 10.2 Å². The molecular weight excluding hydrogens is 271 g/mol. The second kappa shape index (κ2) is 7.38. The fourth-order valence-electron chi connectivity index (χ4n) is 2.88. The lowest BCUT2D eigenvalue weighted by Gasteiger charge is -2.23. The molecule has 5 nitrogen and oxygen atoms in total. The van der Waals surface area contributed by atoms with Crippen molar-refractivity contribution in [1.29, 1.82) is 0 Å². The Bertz CT molecular complexity index is 506. The summed E-state index contributed by atoms with van der Waals surface area (Å²) in [5.41, 5.74) is 6.69. The van der Waals surface area contributed by atoms with Gasteiger partial charge in [0, 0.05) is 24.7 Å². The van der Waals surface area contributed by atoms with Gasteiger partial charge in [0.2, 0.25) is 0 Å². The summed E-state index contributed by atoms with van der Waals surface area (Å²) in [6, 6.07) is 5.02. The maximum absolute atomic E-state index is 13.5. The molecule has 1 aromatic carbocycles. The van der Waals surface area contributed by atoms with Gasteiger partial charge in [-0.15, -0.1) is 0 Å². The molecule has 116 valence electrons. The van der Waals surface area contributed by atoms with Crippen LogP contribution < -0.4 is 11.1 Å². The van der Waals surface area contributed by atoms with Gasteiger partial charge in [0.25, 0.3) is 0 Å². The van der Waals surface area contributed by atoms with E-state index in [4.69, 9.17) is 10.9 Å². The lowest BCUT2D eigenvalue weighted by Crippen LogP contribution is -2.37. The zero-order valence-electron chi connectivity index (χ0n) is 12.3. The smallest absolute Gasteiger partial charge is 0.170 e. The van der Waals surface area contributed by atoms with Crippen LogP contribution in [0.15, 0.2) is 23.4 Å². The molecule has 1 aromatic rings. The van der Waals surface area contributed by atoms with E-state index in [-0.39, 0.29) is 11.7 Å². The number of likely N-dealkylation sites (N-methyl/N-ethyl adjacent to an activating group) is 1. The van der Waals surface area contributed by atoms with E-state index in [0.717, 1.165) is 25.2 Å². The predicted molar refractivity (Wildman–Crippen MR) is 80.9 cm³/mol. The summed E-state index contributed by atoms with van der Waals surface area (Å²) < 4.78 is 13.5. The number of nitrogens with two attached hydrogens (primary N) is 1. The van der Waals surface area contributed by atoms with E-state index in [2.05, 4.69) is 22.3 Å². The average molecular weight is 294 g/mol. The Kier molecular flexibility index (Phi) is 5.52. The second-order valence-corrected chi connectivity index (χ2v) is 5.39. The standard InChI is InChI=1S/C15H23FN4O/c1-2-20-5-3-4-14(20)10-18-9-11-6-12(15(17)19-21)8-13(16)7-11/h6-8,14,18,21H,2-5,9-10H2,1H3,(H2,17,19). The van der Waals surface area contributed by atoms with Crippen molar-refractivity contribution < 1.29 is 9.60 Å². The molecular formula is C15H23FN4O. The van der Waals surface area contributed by atoms with Gasteiger partial charge >= 0.3 is 0 Å². The molecule has 2 rings (SSSR count). The van der Waals surface area contributed by atoms with Gasteiger partial charge in [-0.25, -0.2) is 4.39 Å². The number of halogens is 1. The third-order valence-corrected chi connectivity index (χ3v) is 3.98. The van der Waals surface area contributed by atoms with Gasteiger partial charge in [0.15, 0.2) is 5.84 Å². The van der Waals surface area contributed by atoms with Crippen LogP contribution in [0.25, 0.3) is 0 Å². The normalized spacial score (nSPS) is 20.1. The van der Waals surface area contributed by atoms with Gasteiger partial charge in [-0.1, -0.05) is 12.1 Å². The SMILES string of the molecule is CCN1CCCC1CNCc1cc(F)cc(/C(N)=N/O)c1. The van der Waals surface area contributed by atoms with E-state index in [0.29, 0.717) is 18.2 Å². The van der Waals surface area contributed by atoms with Crippen molar-refractivity contribution in [2.45, 2.75) is 32.4 Å². The molecule has 1 aliphatic heterocycles. The molecule has 0 aliphatic carbocycles. The van der Waals surface area contributed by atoms with Gasteiger partial charge in [-0.05, 0) is 49.7 Å². The van der Waals surface area contributed by atoms with Crippen LogP contribution in [0.1, 0.15) is 30.9 Å². The number of oxime groups is 1. The number of rotatable bonds is 6. The van der Waals surface area contributed by atoms with E-state index in [9.17, 15) is 4.39 Å². The maximum Gasteiger partial charge on any atom is 0.170 e. The van der Waals surface area contributed by atoms with Crippen LogP contribution in [-0.4, -0.2) is 41.6 Å². The Morgan fingerprint density at radius 1 is 1.52 bits per heavy atom. The number of hydrogen-bond acceptors (Lipinski definition) is 4. The monoisotopic (exact) mass is 294 g/mol. The topological polar surface area (TPSA) is 73.9 Å². The minimum Gasteiger partial charge on any atom is -0.409 e. The van der Waals surface area contributed by atoms with Crippen LogP contribution in [0.4, 0.5) is 4.39 Å². The Morgan fingerprint density at radius 3 is 3.05 bits per heavy atom. The minimum atomic E-state index is -0.382. The van der Waals surface area contributed by atoms with Crippen LogP contribution in [0, 0.1) is 5.82 Å². The highest BCUT2D eigenvalue weighted by Crippen LogP contribution is 2.16. The van der Waals surface area contributed by atoms with Gasteiger partial charge in [0.1, 0.15) is 5.82 Å². The fourth-order valence-corrected chi connectivity index (χ4v) is 2.88. The summed E-state index contributed by atoms with van der Waals surface area (Å²) >= 11 is 0. The Labute approximate surface area is 124 Å². The molecule has 0 saturated carbocycles. The van der Waals surface area contributed by atoms with Crippen molar-refractivity contribution in [3.63, 3.8) is 0 Å². The Morgan fingerprint density at radius 2 is 2.33 bits per heavy atom. The van der Waals surface area contributed by atoms with Crippen LogP contribution in [0.5, 0.6) is 0 Å². The number of likely N-dealkylation sites (tertiary alicyclic amines) is 1. The third-order valence-electron chi connectivity index (χ3n) is 3.98. The first kappa shape index (κ1) is 15.7. The molecule has 1 heterocycles. The summed E-state index contributed by atoms with van der Waals surface area (Å²) in [5, 5.41) is 14.9. The molecule has 1 atom stereocenters. The number of nitrogens with one attached hydrogen (secondary N) is 1. The summed E-state index contributed by atoms with van der Waals surface area (Å²) in [4.78, 5) is 2.46. The molecule has 0 radical (unpaired) electrons.